The van der Waals surface area contributed by atoms with Crippen molar-refractivity contribution in [2.24, 2.45) is 5.92 Å². The lowest BCUT2D eigenvalue weighted by atomic mass is 9.95. The lowest BCUT2D eigenvalue weighted by Gasteiger charge is -2.38. The van der Waals surface area contributed by atoms with Gasteiger partial charge in [-0.1, -0.05) is 12.1 Å². The molecule has 2 aliphatic rings. The van der Waals surface area contributed by atoms with E-state index < -0.39 is 0 Å². The third-order valence-corrected chi connectivity index (χ3v) is 5.13. The lowest BCUT2D eigenvalue weighted by molar-refractivity contribution is -0.137. The third kappa shape index (κ3) is 3.19. The van der Waals surface area contributed by atoms with Crippen LogP contribution in [0, 0.1) is 5.92 Å². The molecule has 1 aromatic carbocycles. The Kier molecular flexibility index (Phi) is 4.65. The first kappa shape index (κ1) is 16.7. The van der Waals surface area contributed by atoms with Crippen LogP contribution in [0.5, 0.6) is 11.5 Å². The fourth-order valence-electron chi connectivity index (χ4n) is 3.70. The van der Waals surface area contributed by atoms with Gasteiger partial charge in [-0.15, -0.1) is 0 Å². The molecule has 3 heterocycles. The summed E-state index contributed by atoms with van der Waals surface area (Å²) < 4.78 is 11.2. The number of hydrogen-bond donors (Lipinski definition) is 0. The summed E-state index contributed by atoms with van der Waals surface area (Å²) in [6, 6.07) is 9.85. The smallest absolute Gasteiger partial charge is 0.229 e. The number of piperazine rings is 1. The lowest BCUT2D eigenvalue weighted by Crippen LogP contribution is -2.51. The Morgan fingerprint density at radius 2 is 2.04 bits per heavy atom. The maximum atomic E-state index is 12.9. The number of aromatic nitrogens is 1. The second-order valence-electron chi connectivity index (χ2n) is 6.68. The van der Waals surface area contributed by atoms with Crippen molar-refractivity contribution >= 4 is 11.6 Å². The first-order chi connectivity index (χ1) is 12.8. The summed E-state index contributed by atoms with van der Waals surface area (Å²) in [5, 5.41) is 0. The number of para-hydroxylation sites is 1. The maximum absolute atomic E-state index is 12.9. The summed E-state index contributed by atoms with van der Waals surface area (Å²) in [7, 11) is 1.64. The van der Waals surface area contributed by atoms with Gasteiger partial charge in [-0.05, 0) is 30.2 Å². The van der Waals surface area contributed by atoms with Crippen molar-refractivity contribution in [3.63, 3.8) is 0 Å². The molecule has 4 rings (SSSR count). The molecule has 1 amide bonds. The van der Waals surface area contributed by atoms with Crippen LogP contribution in [0.4, 0.5) is 5.69 Å². The molecule has 0 radical (unpaired) electrons. The number of benzene rings is 1. The van der Waals surface area contributed by atoms with Crippen molar-refractivity contribution in [3.8, 4) is 11.5 Å². The van der Waals surface area contributed by atoms with Gasteiger partial charge < -0.3 is 19.3 Å². The van der Waals surface area contributed by atoms with Crippen molar-refractivity contribution in [3.05, 3.63) is 48.3 Å². The van der Waals surface area contributed by atoms with Crippen LogP contribution >= 0.6 is 0 Å². The molecule has 26 heavy (non-hydrogen) atoms. The van der Waals surface area contributed by atoms with Gasteiger partial charge in [0.1, 0.15) is 6.61 Å². The number of methoxy groups -OCH3 is 1. The molecule has 0 spiro atoms. The van der Waals surface area contributed by atoms with Crippen molar-refractivity contribution in [2.45, 2.75) is 6.42 Å². The second-order valence-corrected chi connectivity index (χ2v) is 6.68. The highest BCUT2D eigenvalue weighted by Crippen LogP contribution is 2.36. The van der Waals surface area contributed by atoms with Gasteiger partial charge in [0, 0.05) is 32.4 Å². The molecular formula is C20H23N3O3. The van der Waals surface area contributed by atoms with Crippen molar-refractivity contribution in [1.29, 1.82) is 0 Å². The zero-order valence-electron chi connectivity index (χ0n) is 14.9. The second kappa shape index (κ2) is 7.23. The number of rotatable bonds is 3. The number of carbonyl (C=O) groups is 1. The highest BCUT2D eigenvalue weighted by atomic mass is 16.5. The Bertz CT molecular complexity index is 773. The molecule has 6 heteroatoms. The fraction of sp³-hybridized carbons (Fsp3) is 0.400. The minimum absolute atomic E-state index is 0.125. The number of nitrogens with zero attached hydrogens (tertiary/aromatic N) is 3. The summed E-state index contributed by atoms with van der Waals surface area (Å²) in [5.41, 5.74) is 2.16. The Balaban J connectivity index is 1.38. The van der Waals surface area contributed by atoms with E-state index in [9.17, 15) is 4.79 Å². The molecule has 1 fully saturated rings. The molecule has 0 bridgehead atoms. The molecule has 1 saturated heterocycles. The minimum atomic E-state index is -0.125. The predicted octanol–water partition coefficient (Wildman–Crippen LogP) is 1.99. The Morgan fingerprint density at radius 1 is 1.19 bits per heavy atom. The third-order valence-electron chi connectivity index (χ3n) is 5.13. The molecule has 0 saturated carbocycles. The molecule has 1 aromatic heterocycles. The number of carbonyl (C=O) groups excluding carboxylic acids is 1. The van der Waals surface area contributed by atoms with Crippen LogP contribution in [-0.2, 0) is 11.2 Å². The van der Waals surface area contributed by atoms with Crippen LogP contribution in [0.3, 0.4) is 0 Å². The average Bonchev–Trinajstić information content (AvgIpc) is 2.73. The zero-order valence-corrected chi connectivity index (χ0v) is 14.9. The van der Waals surface area contributed by atoms with Crippen LogP contribution in [-0.4, -0.2) is 55.7 Å². The van der Waals surface area contributed by atoms with Crippen molar-refractivity contribution in [1.82, 2.24) is 9.88 Å². The van der Waals surface area contributed by atoms with E-state index in [2.05, 4.69) is 16.0 Å². The Hall–Kier alpha value is -2.76. The van der Waals surface area contributed by atoms with Crippen LogP contribution in [0.25, 0.3) is 0 Å². The highest BCUT2D eigenvalue weighted by Gasteiger charge is 2.32. The number of anilines is 1. The van der Waals surface area contributed by atoms with E-state index in [1.54, 1.807) is 13.3 Å². The molecule has 2 aromatic rings. The molecule has 136 valence electrons. The monoisotopic (exact) mass is 353 g/mol. The maximum Gasteiger partial charge on any atom is 0.229 e. The first-order valence-electron chi connectivity index (χ1n) is 8.98. The SMILES string of the molecule is COc1cccc2c1OC[C@H](C(=O)N1CCN(c3cccnc3)CC1)C2. The van der Waals surface area contributed by atoms with E-state index in [-0.39, 0.29) is 11.8 Å². The van der Waals surface area contributed by atoms with Gasteiger partial charge in [0.25, 0.3) is 0 Å². The van der Waals surface area contributed by atoms with Crippen molar-refractivity contribution in [2.75, 3.05) is 44.8 Å². The standard InChI is InChI=1S/C20H23N3O3/c1-25-18-6-2-4-15-12-16(14-26-19(15)18)20(24)23-10-8-22(9-11-23)17-5-3-7-21-13-17/h2-7,13,16H,8-12,14H2,1H3/t16-/m1/s1. The number of hydrogen-bond acceptors (Lipinski definition) is 5. The number of amides is 1. The topological polar surface area (TPSA) is 54.9 Å². The van der Waals surface area contributed by atoms with Gasteiger partial charge in [-0.3, -0.25) is 9.78 Å². The highest BCUT2D eigenvalue weighted by molar-refractivity contribution is 5.80. The van der Waals surface area contributed by atoms with Crippen LogP contribution in [0.15, 0.2) is 42.7 Å². The first-order valence-corrected chi connectivity index (χ1v) is 8.98. The predicted molar refractivity (Wildman–Crippen MR) is 98.7 cm³/mol. The fourth-order valence-corrected chi connectivity index (χ4v) is 3.70. The molecule has 2 aliphatic heterocycles. The molecule has 0 unspecified atom stereocenters. The van der Waals surface area contributed by atoms with E-state index in [1.807, 2.05) is 35.4 Å². The van der Waals surface area contributed by atoms with Gasteiger partial charge in [-0.25, -0.2) is 0 Å². The number of pyridine rings is 1. The Morgan fingerprint density at radius 3 is 2.77 bits per heavy atom. The normalized spacial score (nSPS) is 19.5. The molecule has 0 N–H and O–H groups in total. The molecule has 1 atom stereocenters. The summed E-state index contributed by atoms with van der Waals surface area (Å²) in [4.78, 5) is 21.4. The number of ether oxygens (including phenoxy) is 2. The number of fused-ring (bicyclic) bond motifs is 1. The van der Waals surface area contributed by atoms with Gasteiger partial charge >= 0.3 is 0 Å². The van der Waals surface area contributed by atoms with Gasteiger partial charge in [0.05, 0.1) is 24.9 Å². The van der Waals surface area contributed by atoms with Crippen molar-refractivity contribution < 1.29 is 14.3 Å². The summed E-state index contributed by atoms with van der Waals surface area (Å²) in [6.07, 6.45) is 4.35. The van der Waals surface area contributed by atoms with Gasteiger partial charge in [0.2, 0.25) is 5.91 Å². The summed E-state index contributed by atoms with van der Waals surface area (Å²) in [6.45, 7) is 3.53. The zero-order chi connectivity index (χ0) is 17.9. The Labute approximate surface area is 153 Å². The van der Waals surface area contributed by atoms with E-state index in [4.69, 9.17) is 9.47 Å². The van der Waals surface area contributed by atoms with E-state index >= 15 is 0 Å². The quantitative estimate of drug-likeness (QED) is 0.845. The van der Waals surface area contributed by atoms with E-state index in [1.165, 1.54) is 0 Å². The van der Waals surface area contributed by atoms with Gasteiger partial charge in [0.15, 0.2) is 11.5 Å². The average molecular weight is 353 g/mol. The largest absolute Gasteiger partial charge is 0.493 e. The van der Waals surface area contributed by atoms with Crippen LogP contribution < -0.4 is 14.4 Å². The molecular weight excluding hydrogens is 330 g/mol. The van der Waals surface area contributed by atoms with E-state index in [0.29, 0.717) is 13.0 Å². The van der Waals surface area contributed by atoms with Crippen LogP contribution in [0.2, 0.25) is 0 Å². The summed E-state index contributed by atoms with van der Waals surface area (Å²) >= 11 is 0. The minimum Gasteiger partial charge on any atom is -0.493 e. The van der Waals surface area contributed by atoms with E-state index in [0.717, 1.165) is 48.9 Å². The summed E-state index contributed by atoms with van der Waals surface area (Å²) in [5.74, 6) is 1.57. The van der Waals surface area contributed by atoms with Gasteiger partial charge in [-0.2, -0.15) is 0 Å². The van der Waals surface area contributed by atoms with Crippen LogP contribution in [0.1, 0.15) is 5.56 Å². The molecule has 6 nitrogen and oxygen atoms in total. The molecule has 0 aliphatic carbocycles.